The molecule has 0 fully saturated rings. The summed E-state index contributed by atoms with van der Waals surface area (Å²) in [5.74, 6) is -0.453. The van der Waals surface area contributed by atoms with Crippen molar-refractivity contribution in [3.05, 3.63) is 129 Å². The number of carbonyl (C=O) groups is 3. The number of aromatic nitrogens is 1. The number of thiazole rings is 1. The second-order valence-electron chi connectivity index (χ2n) is 9.64. The van der Waals surface area contributed by atoms with E-state index in [1.54, 1.807) is 98.1 Å². The summed E-state index contributed by atoms with van der Waals surface area (Å²) in [6.45, 7) is 0. The van der Waals surface area contributed by atoms with Crippen LogP contribution in [0, 0.1) is 0 Å². The Morgan fingerprint density at radius 1 is 0.891 bits per heavy atom. The predicted molar refractivity (Wildman–Crippen MR) is 187 cm³/mol. The van der Waals surface area contributed by atoms with Crippen molar-refractivity contribution in [3.63, 3.8) is 0 Å². The van der Waals surface area contributed by atoms with Gasteiger partial charge in [0, 0.05) is 27.1 Å². The number of nitrogens with zero attached hydrogens (tertiary/aromatic N) is 1. The molecule has 232 valence electrons. The van der Waals surface area contributed by atoms with Crippen molar-refractivity contribution in [1.82, 2.24) is 10.3 Å². The third-order valence-corrected chi connectivity index (χ3v) is 8.85. The molecule has 0 saturated heterocycles. The van der Waals surface area contributed by atoms with E-state index in [0.29, 0.717) is 43.4 Å². The maximum absolute atomic E-state index is 13.4. The smallest absolute Gasteiger partial charge is 0.272 e. The zero-order valence-electron chi connectivity index (χ0n) is 24.3. The number of halogens is 2. The van der Waals surface area contributed by atoms with Crippen molar-refractivity contribution < 1.29 is 19.1 Å². The maximum Gasteiger partial charge on any atom is 0.272 e. The fourth-order valence-electron chi connectivity index (χ4n) is 4.13. The second-order valence-corrected chi connectivity index (χ2v) is 12.4. The van der Waals surface area contributed by atoms with E-state index >= 15 is 0 Å². The van der Waals surface area contributed by atoms with E-state index in [2.05, 4.69) is 20.9 Å². The summed E-state index contributed by atoms with van der Waals surface area (Å²) in [4.78, 5) is 44.3. The number of benzene rings is 4. The number of nitrogens with one attached hydrogen (secondary N) is 3. The van der Waals surface area contributed by atoms with Crippen LogP contribution in [0.15, 0.2) is 113 Å². The first-order chi connectivity index (χ1) is 22.3. The van der Waals surface area contributed by atoms with Crippen LogP contribution in [0.25, 0.3) is 17.3 Å². The molecule has 3 amide bonds. The largest absolute Gasteiger partial charge is 0.497 e. The van der Waals surface area contributed by atoms with Crippen molar-refractivity contribution in [2.24, 2.45) is 0 Å². The molecule has 0 bridgehead atoms. The monoisotopic (exact) mass is 688 g/mol. The average molecular weight is 690 g/mol. The number of carbonyl (C=O) groups excluding carboxylic acids is 3. The van der Waals surface area contributed by atoms with Gasteiger partial charge in [0.05, 0.1) is 28.6 Å². The summed E-state index contributed by atoms with van der Waals surface area (Å²) in [6.07, 6.45) is 1.58. The van der Waals surface area contributed by atoms with Gasteiger partial charge < -0.3 is 20.7 Å². The van der Waals surface area contributed by atoms with Crippen LogP contribution in [-0.4, -0.2) is 35.6 Å². The van der Waals surface area contributed by atoms with Gasteiger partial charge >= 0.3 is 0 Å². The first-order valence-electron chi connectivity index (χ1n) is 13.7. The molecule has 0 aliphatic heterocycles. The normalized spacial score (nSPS) is 11.1. The molecule has 3 N–H and O–H groups in total. The van der Waals surface area contributed by atoms with Crippen molar-refractivity contribution in [2.75, 3.05) is 23.5 Å². The highest BCUT2D eigenvalue weighted by molar-refractivity contribution is 8.00. The Morgan fingerprint density at radius 3 is 2.48 bits per heavy atom. The standard InChI is InChI=1S/C34H26Cl2N4O4S2/c1-44-25-11-5-7-21(15-25)16-29(38-32(42)22-8-3-2-4-9-22)33(43)37-24-10-6-12-26(18-24)45-20-31(41)40-34-39-30(19-46-34)23-13-14-27(35)28(36)17-23/h2-19H,20H2,1H3,(H,37,43)(H,38,42)(H,39,40,41)/b29-16-. The molecule has 1 heterocycles. The number of ether oxygens (including phenoxy) is 1. The van der Waals surface area contributed by atoms with Gasteiger partial charge in [-0.25, -0.2) is 4.98 Å². The van der Waals surface area contributed by atoms with E-state index in [1.807, 2.05) is 17.5 Å². The molecule has 0 radical (unpaired) electrons. The molecule has 0 spiro atoms. The number of hydrogen-bond acceptors (Lipinski definition) is 7. The molecule has 4 aromatic carbocycles. The Hall–Kier alpha value is -4.61. The number of methoxy groups -OCH3 is 1. The topological polar surface area (TPSA) is 109 Å². The van der Waals surface area contributed by atoms with E-state index in [0.717, 1.165) is 10.5 Å². The lowest BCUT2D eigenvalue weighted by Gasteiger charge is -2.12. The van der Waals surface area contributed by atoms with Crippen LogP contribution < -0.4 is 20.7 Å². The fourth-order valence-corrected chi connectivity index (χ4v) is 5.91. The Labute approximate surface area is 283 Å². The van der Waals surface area contributed by atoms with Crippen LogP contribution in [0.5, 0.6) is 5.75 Å². The summed E-state index contributed by atoms with van der Waals surface area (Å²) in [5.41, 5.74) is 3.08. The number of anilines is 2. The van der Waals surface area contributed by atoms with E-state index < -0.39 is 11.8 Å². The van der Waals surface area contributed by atoms with Crippen molar-refractivity contribution in [1.29, 1.82) is 0 Å². The molecule has 8 nitrogen and oxygen atoms in total. The molecule has 5 aromatic rings. The van der Waals surface area contributed by atoms with E-state index in [-0.39, 0.29) is 17.4 Å². The molecule has 5 rings (SSSR count). The SMILES string of the molecule is COc1cccc(/C=C(\NC(=O)c2ccccc2)C(=O)Nc2cccc(SCC(=O)Nc3nc(-c4ccc(Cl)c(Cl)c4)cs3)c2)c1. The molecule has 1 aromatic heterocycles. The second kappa shape index (κ2) is 15.6. The number of hydrogen-bond donors (Lipinski definition) is 3. The molecular formula is C34H26Cl2N4O4S2. The Kier molecular flexibility index (Phi) is 11.1. The lowest BCUT2D eigenvalue weighted by Crippen LogP contribution is -2.30. The highest BCUT2D eigenvalue weighted by Gasteiger charge is 2.16. The van der Waals surface area contributed by atoms with E-state index in [1.165, 1.54) is 23.1 Å². The van der Waals surface area contributed by atoms with Gasteiger partial charge in [0.1, 0.15) is 11.4 Å². The van der Waals surface area contributed by atoms with Gasteiger partial charge in [0.15, 0.2) is 5.13 Å². The minimum Gasteiger partial charge on any atom is -0.497 e. The minimum absolute atomic E-state index is 0.0447. The lowest BCUT2D eigenvalue weighted by atomic mass is 10.1. The molecular weight excluding hydrogens is 663 g/mol. The number of thioether (sulfide) groups is 1. The Balaban J connectivity index is 1.23. The molecule has 12 heteroatoms. The van der Waals surface area contributed by atoms with Gasteiger partial charge in [-0.2, -0.15) is 0 Å². The van der Waals surface area contributed by atoms with Gasteiger partial charge in [-0.1, -0.05) is 65.7 Å². The van der Waals surface area contributed by atoms with Crippen LogP contribution >= 0.6 is 46.3 Å². The molecule has 46 heavy (non-hydrogen) atoms. The summed E-state index contributed by atoms with van der Waals surface area (Å²) >= 11 is 14.7. The van der Waals surface area contributed by atoms with E-state index in [4.69, 9.17) is 27.9 Å². The third kappa shape index (κ3) is 8.98. The van der Waals surface area contributed by atoms with Gasteiger partial charge in [-0.15, -0.1) is 23.1 Å². The van der Waals surface area contributed by atoms with Crippen molar-refractivity contribution >= 4 is 80.9 Å². The Morgan fingerprint density at radius 2 is 1.70 bits per heavy atom. The summed E-state index contributed by atoms with van der Waals surface area (Å²) in [7, 11) is 1.55. The summed E-state index contributed by atoms with van der Waals surface area (Å²) in [5, 5.41) is 11.6. The number of amides is 3. The number of rotatable bonds is 11. The Bertz CT molecular complexity index is 1910. The van der Waals surface area contributed by atoms with Crippen LogP contribution in [0.2, 0.25) is 10.0 Å². The fraction of sp³-hybridized carbons (Fsp3) is 0.0588. The first-order valence-corrected chi connectivity index (χ1v) is 16.4. The van der Waals surface area contributed by atoms with E-state index in [9.17, 15) is 14.4 Å². The minimum atomic E-state index is -0.520. The zero-order valence-corrected chi connectivity index (χ0v) is 27.4. The first kappa shape index (κ1) is 32.8. The maximum atomic E-state index is 13.4. The van der Waals surface area contributed by atoms with Gasteiger partial charge in [0.2, 0.25) is 5.91 Å². The van der Waals surface area contributed by atoms with Crippen molar-refractivity contribution in [2.45, 2.75) is 4.90 Å². The third-order valence-electron chi connectivity index (χ3n) is 6.36. The quantitative estimate of drug-likeness (QED) is 0.0952. The highest BCUT2D eigenvalue weighted by Crippen LogP contribution is 2.31. The van der Waals surface area contributed by atoms with Gasteiger partial charge in [0.25, 0.3) is 11.8 Å². The molecule has 0 aliphatic rings. The summed E-state index contributed by atoms with van der Waals surface area (Å²) < 4.78 is 5.30. The summed E-state index contributed by atoms with van der Waals surface area (Å²) in [6, 6.07) is 28.1. The van der Waals surface area contributed by atoms with Crippen LogP contribution in [0.4, 0.5) is 10.8 Å². The van der Waals surface area contributed by atoms with Gasteiger partial charge in [-0.3, -0.25) is 14.4 Å². The molecule has 0 aliphatic carbocycles. The van der Waals surface area contributed by atoms with Crippen LogP contribution in [0.1, 0.15) is 15.9 Å². The molecule has 0 atom stereocenters. The predicted octanol–water partition coefficient (Wildman–Crippen LogP) is 8.27. The lowest BCUT2D eigenvalue weighted by molar-refractivity contribution is -0.114. The van der Waals surface area contributed by atoms with Crippen LogP contribution in [0.3, 0.4) is 0 Å². The molecule has 0 unspecified atom stereocenters. The molecule has 0 saturated carbocycles. The van der Waals surface area contributed by atoms with Crippen LogP contribution in [-0.2, 0) is 9.59 Å². The highest BCUT2D eigenvalue weighted by atomic mass is 35.5. The van der Waals surface area contributed by atoms with Gasteiger partial charge in [-0.05, 0) is 66.2 Å². The average Bonchev–Trinajstić information content (AvgIpc) is 3.53. The van der Waals surface area contributed by atoms with Crippen molar-refractivity contribution in [3.8, 4) is 17.0 Å². The zero-order chi connectivity index (χ0) is 32.5.